The van der Waals surface area contributed by atoms with Gasteiger partial charge in [-0.25, -0.2) is 0 Å². The lowest BCUT2D eigenvalue weighted by Gasteiger charge is -2.51. The van der Waals surface area contributed by atoms with Gasteiger partial charge in [0.2, 0.25) is 0 Å². The Balaban J connectivity index is 1.06. The first-order chi connectivity index (χ1) is 22.1. The lowest BCUT2D eigenvalue weighted by Crippen LogP contribution is -2.67. The topological polar surface area (TPSA) is 71.2 Å². The Hall–Kier alpha value is 0.0675. The van der Waals surface area contributed by atoms with Crippen molar-refractivity contribution >= 4 is 34.2 Å². The van der Waals surface area contributed by atoms with Crippen LogP contribution in [0.4, 0.5) is 0 Å². The van der Waals surface area contributed by atoms with E-state index >= 15 is 0 Å². The lowest BCUT2D eigenvalue weighted by molar-refractivity contribution is 0.115. The summed E-state index contributed by atoms with van der Waals surface area (Å²) in [4.78, 5) is 0. The Bertz CT molecular complexity index is 1000. The average Bonchev–Trinajstić information content (AvgIpc) is 3.80. The van der Waals surface area contributed by atoms with Gasteiger partial charge in [-0.15, -0.1) is 0 Å². The van der Waals surface area contributed by atoms with E-state index in [0.717, 1.165) is 92.3 Å². The minimum absolute atomic E-state index is 0.306. The van der Waals surface area contributed by atoms with E-state index in [-0.39, 0.29) is 0 Å². The fourth-order valence-corrected chi connectivity index (χ4v) is 33.3. The Morgan fingerprint density at radius 2 is 1.04 bits per heavy atom. The molecule has 0 aromatic rings. The van der Waals surface area contributed by atoms with Crippen LogP contribution >= 0.6 is 0 Å². The van der Waals surface area contributed by atoms with Gasteiger partial charge >= 0.3 is 34.2 Å². The van der Waals surface area contributed by atoms with E-state index in [2.05, 4.69) is 50.5 Å². The van der Waals surface area contributed by atoms with E-state index in [9.17, 15) is 0 Å². The zero-order chi connectivity index (χ0) is 31.8. The number of allylic oxidation sites excluding steroid dienone is 4. The van der Waals surface area contributed by atoms with Crippen LogP contribution in [0.15, 0.2) is 24.3 Å². The molecule has 260 valence electrons. The number of hydrogen-bond donors (Lipinski definition) is 0. The minimum Gasteiger partial charge on any atom is -0.416 e. The largest absolute Gasteiger partial charge is 0.416 e. The minimum atomic E-state index is -2.61. The molecule has 46 heavy (non-hydrogen) atoms. The highest BCUT2D eigenvalue weighted by Crippen LogP contribution is 2.49. The van der Waals surface area contributed by atoms with Crippen LogP contribution in [0.1, 0.15) is 70.6 Å². The molecule has 3 saturated heterocycles. The van der Waals surface area contributed by atoms with Crippen LogP contribution in [-0.4, -0.2) is 72.9 Å². The Morgan fingerprint density at radius 3 is 1.50 bits per heavy atom. The summed E-state index contributed by atoms with van der Waals surface area (Å²) in [5, 5.41) is 0. The summed E-state index contributed by atoms with van der Waals surface area (Å²) < 4.78 is 47.0. The molecule has 4 aliphatic carbocycles. The third-order valence-corrected chi connectivity index (χ3v) is 30.9. The average molecular weight is 707 g/mol. The zero-order valence-electron chi connectivity index (χ0n) is 29.2. The second-order valence-corrected chi connectivity index (χ2v) is 31.1. The van der Waals surface area contributed by atoms with Crippen LogP contribution in [0.3, 0.4) is 0 Å². The first-order valence-corrected chi connectivity index (χ1v) is 29.1. The van der Waals surface area contributed by atoms with Crippen LogP contribution in [0.2, 0.25) is 50.4 Å². The zero-order valence-corrected chi connectivity index (χ0v) is 33.2. The molecule has 4 bridgehead atoms. The molecule has 7 aliphatic rings. The number of rotatable bonds is 18. The molecule has 7 rings (SSSR count). The number of hydrogen-bond acceptors (Lipinski definition) is 7. The monoisotopic (exact) mass is 706 g/mol. The molecule has 11 heteroatoms. The number of unbranched alkanes of at least 4 members (excludes halogenated alkanes) is 2. The fraction of sp³-hybridized carbons (Fsp3) is 0.886. The van der Waals surface area contributed by atoms with E-state index in [1.54, 1.807) is 0 Å². The summed E-state index contributed by atoms with van der Waals surface area (Å²) >= 11 is 0. The van der Waals surface area contributed by atoms with Gasteiger partial charge in [0.25, 0.3) is 0 Å². The summed E-state index contributed by atoms with van der Waals surface area (Å²) in [6, 6.07) is 4.08. The SMILES string of the molecule is C[Si]1(CCCCCC2CO2)O[Si](C)(CCC2CC3C=CC2C3)O[Si](C)(CCCOCC2CO2)O[Si](C)(CCC2CC3C=CC2C3)O1. The molecule has 3 heterocycles. The Morgan fingerprint density at radius 1 is 0.543 bits per heavy atom. The van der Waals surface area contributed by atoms with Crippen LogP contribution < -0.4 is 0 Å². The molecule has 0 amide bonds. The van der Waals surface area contributed by atoms with Gasteiger partial charge in [-0.3, -0.25) is 0 Å². The van der Waals surface area contributed by atoms with Crippen LogP contribution in [0.25, 0.3) is 0 Å². The summed E-state index contributed by atoms with van der Waals surface area (Å²) in [5.41, 5.74) is 0. The van der Waals surface area contributed by atoms with Crippen molar-refractivity contribution in [1.82, 2.24) is 0 Å². The smallest absolute Gasteiger partial charge is 0.317 e. The second-order valence-electron chi connectivity index (χ2n) is 16.8. The highest BCUT2D eigenvalue weighted by atomic mass is 28.5. The van der Waals surface area contributed by atoms with Crippen molar-refractivity contribution in [2.45, 2.75) is 133 Å². The normalized spacial score (nSPS) is 47.0. The summed E-state index contributed by atoms with van der Waals surface area (Å²) in [6.07, 6.45) is 24.3. The van der Waals surface area contributed by atoms with Crippen LogP contribution in [0, 0.1) is 35.5 Å². The predicted molar refractivity (Wildman–Crippen MR) is 190 cm³/mol. The van der Waals surface area contributed by atoms with E-state index < -0.39 is 34.2 Å². The maximum atomic E-state index is 7.55. The molecule has 0 spiro atoms. The van der Waals surface area contributed by atoms with Gasteiger partial charge in [-0.05, 0) is 137 Å². The molecule has 0 aromatic carbocycles. The lowest BCUT2D eigenvalue weighted by atomic mass is 9.91. The van der Waals surface area contributed by atoms with Gasteiger partial charge in [0.05, 0.1) is 25.9 Å². The van der Waals surface area contributed by atoms with Gasteiger partial charge in [-0.2, -0.15) is 0 Å². The first-order valence-electron chi connectivity index (χ1n) is 19.1. The molecule has 10 unspecified atom stereocenters. The molecule has 2 saturated carbocycles. The van der Waals surface area contributed by atoms with Crippen molar-refractivity contribution in [3.05, 3.63) is 24.3 Å². The molecule has 3 aliphatic heterocycles. The molecule has 0 radical (unpaired) electrons. The van der Waals surface area contributed by atoms with E-state index in [1.165, 1.54) is 57.8 Å². The highest BCUT2D eigenvalue weighted by Gasteiger charge is 2.57. The molecule has 0 N–H and O–H groups in total. The second kappa shape index (κ2) is 14.4. The maximum absolute atomic E-state index is 7.55. The van der Waals surface area contributed by atoms with E-state index in [0.29, 0.717) is 18.8 Å². The third-order valence-electron chi connectivity index (χ3n) is 12.2. The highest BCUT2D eigenvalue weighted by molar-refractivity contribution is 6.93. The van der Waals surface area contributed by atoms with Crippen LogP contribution in [0.5, 0.6) is 0 Å². The molecular weight excluding hydrogens is 645 g/mol. The molecule has 10 atom stereocenters. The van der Waals surface area contributed by atoms with Gasteiger partial charge in [0.1, 0.15) is 6.10 Å². The van der Waals surface area contributed by atoms with E-state index in [4.69, 9.17) is 30.7 Å². The van der Waals surface area contributed by atoms with Gasteiger partial charge in [0, 0.05) is 6.61 Å². The number of fused-ring (bicyclic) bond motifs is 4. The standard InChI is InChI=1S/C35H62O7Si4/c1-43(17-7-5-6-9-34-26-37-34)39-45(3,19-14-32-23-28-10-12-30(32)21-28)41-44(2,18-8-16-36-25-35-27-38-35)42-46(4,40-43)20-15-33-24-29-11-13-31(33)22-29/h10-13,28-35H,5-9,14-27H2,1-4H3. The number of ether oxygens (including phenoxy) is 3. The van der Waals surface area contributed by atoms with Crippen molar-refractivity contribution < 1.29 is 30.7 Å². The first kappa shape index (κ1) is 34.5. The molecule has 7 nitrogen and oxygen atoms in total. The summed E-state index contributed by atoms with van der Waals surface area (Å²) in [6.45, 7) is 12.7. The Labute approximate surface area is 283 Å². The molecule has 5 fully saturated rings. The van der Waals surface area contributed by atoms with Crippen molar-refractivity contribution in [3.63, 3.8) is 0 Å². The maximum Gasteiger partial charge on any atom is 0.317 e. The van der Waals surface area contributed by atoms with Gasteiger partial charge in [-0.1, -0.05) is 43.6 Å². The molecule has 0 aromatic heterocycles. The van der Waals surface area contributed by atoms with Gasteiger partial charge < -0.3 is 30.7 Å². The van der Waals surface area contributed by atoms with Crippen molar-refractivity contribution in [1.29, 1.82) is 0 Å². The fourth-order valence-electron chi connectivity index (χ4n) is 9.77. The quantitative estimate of drug-likeness (QED) is 0.0615. The van der Waals surface area contributed by atoms with Crippen molar-refractivity contribution in [2.75, 3.05) is 26.4 Å². The predicted octanol–water partition coefficient (Wildman–Crippen LogP) is 8.32. The molecular formula is C35H62O7Si4. The van der Waals surface area contributed by atoms with E-state index in [1.807, 2.05) is 0 Å². The summed E-state index contributed by atoms with van der Waals surface area (Å²) in [5.74, 6) is 4.67. The van der Waals surface area contributed by atoms with Gasteiger partial charge in [0.15, 0.2) is 0 Å². The van der Waals surface area contributed by atoms with Crippen molar-refractivity contribution in [2.24, 2.45) is 35.5 Å². The van der Waals surface area contributed by atoms with Crippen LogP contribution in [-0.2, 0) is 30.7 Å². The summed E-state index contributed by atoms with van der Waals surface area (Å²) in [7, 11) is -10.3. The van der Waals surface area contributed by atoms with Crippen molar-refractivity contribution in [3.8, 4) is 0 Å². The third kappa shape index (κ3) is 9.24. The number of epoxide rings is 2. The Kier molecular flexibility index (Phi) is 10.8.